The van der Waals surface area contributed by atoms with Gasteiger partial charge in [-0.05, 0) is 49.4 Å². The zero-order chi connectivity index (χ0) is 15.1. The topological polar surface area (TPSA) is 39.7 Å². The molecule has 1 aromatic rings. The van der Waals surface area contributed by atoms with E-state index in [2.05, 4.69) is 24.4 Å². The quantitative estimate of drug-likeness (QED) is 0.838. The van der Waals surface area contributed by atoms with Crippen LogP contribution in [-0.2, 0) is 4.74 Å². The molecule has 0 radical (unpaired) electrons. The van der Waals surface area contributed by atoms with Crippen LogP contribution in [-0.4, -0.2) is 34.0 Å². The zero-order valence-corrected chi connectivity index (χ0v) is 13.4. The normalized spacial score (nSPS) is 17.5. The molecule has 0 amide bonds. The van der Waals surface area contributed by atoms with Crippen molar-refractivity contribution in [2.45, 2.75) is 32.2 Å². The summed E-state index contributed by atoms with van der Waals surface area (Å²) in [6.45, 7) is 4.91. The Labute approximate surface area is 127 Å². The van der Waals surface area contributed by atoms with Crippen molar-refractivity contribution >= 4 is 0 Å². The van der Waals surface area contributed by atoms with Gasteiger partial charge in [0, 0.05) is 19.3 Å². The lowest BCUT2D eigenvalue weighted by molar-refractivity contribution is 0.0605. The van der Waals surface area contributed by atoms with Crippen LogP contribution in [0, 0.1) is 5.92 Å². The summed E-state index contributed by atoms with van der Waals surface area (Å²) in [7, 11) is 3.35. The summed E-state index contributed by atoms with van der Waals surface area (Å²) >= 11 is 0. The van der Waals surface area contributed by atoms with Crippen LogP contribution in [0.3, 0.4) is 0 Å². The Hall–Kier alpha value is -1.26. The molecule has 21 heavy (non-hydrogen) atoms. The van der Waals surface area contributed by atoms with Crippen LogP contribution in [0.2, 0.25) is 0 Å². The molecule has 1 heterocycles. The summed E-state index contributed by atoms with van der Waals surface area (Å²) in [5.41, 5.74) is 1.26. The van der Waals surface area contributed by atoms with Crippen molar-refractivity contribution in [3.63, 3.8) is 0 Å². The first-order valence-electron chi connectivity index (χ1n) is 7.81. The second kappa shape index (κ2) is 8.25. The molecule has 0 bridgehead atoms. The third-order valence-electron chi connectivity index (χ3n) is 4.17. The maximum absolute atomic E-state index is 5.46. The van der Waals surface area contributed by atoms with Crippen molar-refractivity contribution in [2.24, 2.45) is 5.92 Å². The lowest BCUT2D eigenvalue weighted by Gasteiger charge is -2.27. The number of methoxy groups -OCH3 is 2. The SMILES string of the molecule is CCNC(CC1CCOCC1)c1ccc(OC)c(OC)c1. The third kappa shape index (κ3) is 4.35. The summed E-state index contributed by atoms with van der Waals surface area (Å²) < 4.78 is 16.2. The van der Waals surface area contributed by atoms with E-state index in [4.69, 9.17) is 14.2 Å². The molecule has 118 valence electrons. The van der Waals surface area contributed by atoms with Gasteiger partial charge < -0.3 is 19.5 Å². The second-order valence-corrected chi connectivity index (χ2v) is 5.52. The van der Waals surface area contributed by atoms with Gasteiger partial charge in [-0.25, -0.2) is 0 Å². The molecule has 0 aliphatic carbocycles. The molecule has 1 atom stereocenters. The summed E-state index contributed by atoms with van der Waals surface area (Å²) in [6, 6.07) is 6.57. The summed E-state index contributed by atoms with van der Waals surface area (Å²) in [6.07, 6.45) is 3.47. The molecule has 0 aromatic heterocycles. The summed E-state index contributed by atoms with van der Waals surface area (Å²) in [5, 5.41) is 3.60. The Kier molecular flexibility index (Phi) is 6.33. The highest BCUT2D eigenvalue weighted by Gasteiger charge is 2.21. The largest absolute Gasteiger partial charge is 0.493 e. The van der Waals surface area contributed by atoms with E-state index in [0.717, 1.165) is 56.4 Å². The number of benzene rings is 1. The zero-order valence-electron chi connectivity index (χ0n) is 13.4. The Balaban J connectivity index is 2.12. The second-order valence-electron chi connectivity index (χ2n) is 5.52. The van der Waals surface area contributed by atoms with E-state index in [1.165, 1.54) is 5.56 Å². The highest BCUT2D eigenvalue weighted by Crippen LogP contribution is 2.33. The fourth-order valence-electron chi connectivity index (χ4n) is 2.97. The molecule has 1 aliphatic heterocycles. The van der Waals surface area contributed by atoms with Gasteiger partial charge in [-0.3, -0.25) is 0 Å². The molecule has 1 N–H and O–H groups in total. The molecule has 1 aromatic carbocycles. The van der Waals surface area contributed by atoms with Crippen LogP contribution in [0.5, 0.6) is 11.5 Å². The van der Waals surface area contributed by atoms with E-state index in [9.17, 15) is 0 Å². The first-order chi connectivity index (χ1) is 10.3. The predicted molar refractivity (Wildman–Crippen MR) is 84.1 cm³/mol. The van der Waals surface area contributed by atoms with E-state index in [1.807, 2.05) is 6.07 Å². The van der Waals surface area contributed by atoms with Gasteiger partial charge in [0.2, 0.25) is 0 Å². The van der Waals surface area contributed by atoms with Gasteiger partial charge in [0.1, 0.15) is 0 Å². The molecule has 0 saturated carbocycles. The van der Waals surface area contributed by atoms with E-state index < -0.39 is 0 Å². The molecule has 4 heteroatoms. The van der Waals surface area contributed by atoms with E-state index >= 15 is 0 Å². The first-order valence-corrected chi connectivity index (χ1v) is 7.81. The Bertz CT molecular complexity index is 430. The molecule has 2 rings (SSSR count). The van der Waals surface area contributed by atoms with Gasteiger partial charge >= 0.3 is 0 Å². The fourth-order valence-corrected chi connectivity index (χ4v) is 2.97. The molecule has 1 unspecified atom stereocenters. The maximum Gasteiger partial charge on any atom is 0.161 e. The average molecular weight is 293 g/mol. The third-order valence-corrected chi connectivity index (χ3v) is 4.17. The van der Waals surface area contributed by atoms with E-state index in [-0.39, 0.29) is 0 Å². The first kappa shape index (κ1) is 16.1. The van der Waals surface area contributed by atoms with Crippen molar-refractivity contribution in [2.75, 3.05) is 34.0 Å². The van der Waals surface area contributed by atoms with Crippen LogP contribution < -0.4 is 14.8 Å². The minimum Gasteiger partial charge on any atom is -0.493 e. The van der Waals surface area contributed by atoms with E-state index in [1.54, 1.807) is 14.2 Å². The van der Waals surface area contributed by atoms with Gasteiger partial charge in [-0.1, -0.05) is 13.0 Å². The average Bonchev–Trinajstić information content (AvgIpc) is 2.54. The standard InChI is InChI=1S/C17H27NO3/c1-4-18-15(11-13-7-9-21-10-8-13)14-5-6-16(19-2)17(12-14)20-3/h5-6,12-13,15,18H,4,7-11H2,1-3H3. The number of hydrogen-bond donors (Lipinski definition) is 1. The van der Waals surface area contributed by atoms with Crippen LogP contribution in [0.4, 0.5) is 0 Å². The Morgan fingerprint density at radius 2 is 1.90 bits per heavy atom. The van der Waals surface area contributed by atoms with Crippen molar-refractivity contribution in [1.29, 1.82) is 0 Å². The van der Waals surface area contributed by atoms with Gasteiger partial charge in [0.15, 0.2) is 11.5 Å². The molecular weight excluding hydrogens is 266 g/mol. The summed E-state index contributed by atoms with van der Waals surface area (Å²) in [4.78, 5) is 0. The van der Waals surface area contributed by atoms with Gasteiger partial charge in [-0.2, -0.15) is 0 Å². The highest BCUT2D eigenvalue weighted by atomic mass is 16.5. The van der Waals surface area contributed by atoms with Crippen LogP contribution in [0.25, 0.3) is 0 Å². The van der Waals surface area contributed by atoms with Crippen molar-refractivity contribution < 1.29 is 14.2 Å². The molecule has 1 fully saturated rings. The van der Waals surface area contributed by atoms with Crippen molar-refractivity contribution in [3.8, 4) is 11.5 Å². The van der Waals surface area contributed by atoms with E-state index in [0.29, 0.717) is 6.04 Å². The van der Waals surface area contributed by atoms with Crippen molar-refractivity contribution in [3.05, 3.63) is 23.8 Å². The highest BCUT2D eigenvalue weighted by molar-refractivity contribution is 5.43. The Morgan fingerprint density at radius 1 is 1.19 bits per heavy atom. The smallest absolute Gasteiger partial charge is 0.161 e. The molecule has 4 nitrogen and oxygen atoms in total. The lowest BCUT2D eigenvalue weighted by Crippen LogP contribution is -2.26. The van der Waals surface area contributed by atoms with Gasteiger partial charge in [0.05, 0.1) is 14.2 Å². The fraction of sp³-hybridized carbons (Fsp3) is 0.647. The van der Waals surface area contributed by atoms with Crippen molar-refractivity contribution in [1.82, 2.24) is 5.32 Å². The lowest BCUT2D eigenvalue weighted by atomic mass is 9.89. The Morgan fingerprint density at radius 3 is 2.52 bits per heavy atom. The summed E-state index contributed by atoms with van der Waals surface area (Å²) in [5.74, 6) is 2.31. The van der Waals surface area contributed by atoms with Crippen LogP contribution >= 0.6 is 0 Å². The minimum atomic E-state index is 0.359. The van der Waals surface area contributed by atoms with Gasteiger partial charge in [-0.15, -0.1) is 0 Å². The molecular formula is C17H27NO3. The van der Waals surface area contributed by atoms with Crippen LogP contribution in [0.15, 0.2) is 18.2 Å². The molecule has 1 aliphatic rings. The number of ether oxygens (including phenoxy) is 3. The monoisotopic (exact) mass is 293 g/mol. The number of nitrogens with one attached hydrogen (secondary N) is 1. The van der Waals surface area contributed by atoms with Crippen LogP contribution in [0.1, 0.15) is 37.8 Å². The number of hydrogen-bond acceptors (Lipinski definition) is 4. The molecule has 1 saturated heterocycles. The maximum atomic E-state index is 5.46. The molecule has 0 spiro atoms. The number of rotatable bonds is 7. The minimum absolute atomic E-state index is 0.359. The van der Waals surface area contributed by atoms with Gasteiger partial charge in [0.25, 0.3) is 0 Å². The predicted octanol–water partition coefficient (Wildman–Crippen LogP) is 3.17.